The fraction of sp³-hybridized carbons (Fsp3) is 0. The third-order valence-corrected chi connectivity index (χ3v) is 22.9. The van der Waals surface area contributed by atoms with Crippen LogP contribution < -0.4 is 57.5 Å². The van der Waals surface area contributed by atoms with E-state index in [-0.39, 0.29) is 0 Å². The highest BCUT2D eigenvalue weighted by atomic mass is 16.5. The molecule has 0 saturated heterocycles. The Labute approximate surface area is 659 Å². The Balaban J connectivity index is 0.000000130. The van der Waals surface area contributed by atoms with Crippen molar-refractivity contribution in [2.45, 2.75) is 0 Å². The number of nitrogens with zero attached hydrogens (tertiary/aromatic N) is 5. The van der Waals surface area contributed by atoms with E-state index in [4.69, 9.17) is 37.9 Å². The first kappa shape index (κ1) is 63.0. The van der Waals surface area contributed by atoms with Crippen molar-refractivity contribution in [2.75, 3.05) is 19.6 Å². The summed E-state index contributed by atoms with van der Waals surface area (Å²) >= 11 is 0. The molecule has 0 saturated carbocycles. The molecule has 0 spiro atoms. The van der Waals surface area contributed by atoms with Crippen molar-refractivity contribution in [1.29, 1.82) is 0 Å². The van der Waals surface area contributed by atoms with Crippen molar-refractivity contribution < 1.29 is 37.9 Å². The van der Waals surface area contributed by atoms with Gasteiger partial charge in [-0.25, -0.2) is 0 Å². The van der Waals surface area contributed by atoms with Gasteiger partial charge in [0.05, 0.1) is 56.5 Å². The summed E-state index contributed by atoms with van der Waals surface area (Å²) in [5.41, 5.74) is 25.7. The molecule has 8 aliphatic rings. The minimum atomic E-state index is 0.760. The van der Waals surface area contributed by atoms with Crippen LogP contribution in [-0.2, 0) is 0 Å². The van der Waals surface area contributed by atoms with Gasteiger partial charge in [-0.3, -0.25) is 19.6 Å². The Morgan fingerprint density at radius 1 is 0.148 bits per heavy atom. The zero-order valence-electron chi connectivity index (χ0n) is 61.1. The zero-order valence-corrected chi connectivity index (χ0v) is 61.1. The Kier molecular flexibility index (Phi) is 13.3. The molecular formula is C102H59N5O8. The van der Waals surface area contributed by atoms with Crippen LogP contribution in [0.3, 0.4) is 0 Å². The number of benzene rings is 17. The van der Waals surface area contributed by atoms with Gasteiger partial charge in [0, 0.05) is 16.5 Å². The first-order valence-corrected chi connectivity index (χ1v) is 38.4. The van der Waals surface area contributed by atoms with Crippen LogP contribution in [0.15, 0.2) is 358 Å². The van der Waals surface area contributed by atoms with E-state index in [0.29, 0.717) is 0 Å². The monoisotopic (exact) mass is 1480 g/mol. The second-order valence-corrected chi connectivity index (χ2v) is 29.5. The molecule has 0 bridgehead atoms. The van der Waals surface area contributed by atoms with Gasteiger partial charge in [-0.1, -0.05) is 158 Å². The average molecular weight is 1480 g/mol. The fourth-order valence-electron chi connectivity index (χ4n) is 17.7. The number of anilines is 12. The summed E-state index contributed by atoms with van der Waals surface area (Å²) in [4.78, 5) is 9.01. The van der Waals surface area contributed by atoms with Gasteiger partial charge in [0.2, 0.25) is 0 Å². The minimum absolute atomic E-state index is 0.760. The van der Waals surface area contributed by atoms with Gasteiger partial charge < -0.3 is 42.5 Å². The molecule has 115 heavy (non-hydrogen) atoms. The number of para-hydroxylation sites is 13. The lowest BCUT2D eigenvalue weighted by Gasteiger charge is -2.38. The second kappa shape index (κ2) is 24.3. The van der Waals surface area contributed by atoms with Crippen molar-refractivity contribution in [3.05, 3.63) is 358 Å². The summed E-state index contributed by atoms with van der Waals surface area (Å²) in [5, 5.41) is 2.32. The van der Waals surface area contributed by atoms with Crippen molar-refractivity contribution in [3.8, 4) is 153 Å². The summed E-state index contributed by atoms with van der Waals surface area (Å²) in [6.45, 7) is 0. The van der Waals surface area contributed by atoms with Crippen molar-refractivity contribution in [1.82, 2.24) is 4.57 Å². The highest BCUT2D eigenvalue weighted by Crippen LogP contribution is 2.65. The Hall–Kier alpha value is -15.9. The molecule has 26 rings (SSSR count). The first-order chi connectivity index (χ1) is 56.9. The van der Waals surface area contributed by atoms with E-state index in [1.54, 1.807) is 0 Å². The predicted molar refractivity (Wildman–Crippen MR) is 454 cm³/mol. The van der Waals surface area contributed by atoms with Gasteiger partial charge in [-0.2, -0.15) is 0 Å². The molecule has 0 fully saturated rings. The lowest BCUT2D eigenvalue weighted by atomic mass is 9.92. The maximum Gasteiger partial charge on any atom is 0.155 e. The van der Waals surface area contributed by atoms with Crippen LogP contribution in [0.1, 0.15) is 0 Å². The van der Waals surface area contributed by atoms with Crippen molar-refractivity contribution in [3.63, 3.8) is 0 Å². The van der Waals surface area contributed by atoms with Gasteiger partial charge in [0.1, 0.15) is 22.7 Å². The van der Waals surface area contributed by atoms with E-state index in [0.717, 1.165) is 243 Å². The zero-order chi connectivity index (χ0) is 75.1. The molecule has 0 radical (unpaired) electrons. The maximum absolute atomic E-state index is 6.64. The predicted octanol–water partition coefficient (Wildman–Crippen LogP) is 29.5. The third-order valence-electron chi connectivity index (χ3n) is 22.9. The van der Waals surface area contributed by atoms with Crippen LogP contribution in [0.5, 0.6) is 92.0 Å². The number of ether oxygens (including phenoxy) is 8. The number of fused-ring (bicyclic) bond motifs is 19. The molecule has 0 aliphatic carbocycles. The fourth-order valence-corrected chi connectivity index (χ4v) is 17.7. The summed E-state index contributed by atoms with van der Waals surface area (Å²) in [6.07, 6.45) is 0. The summed E-state index contributed by atoms with van der Waals surface area (Å²) in [5.74, 6) is 12.6. The molecule has 0 amide bonds. The van der Waals surface area contributed by atoms with E-state index in [2.05, 4.69) is 236 Å². The number of hydrogen-bond acceptors (Lipinski definition) is 12. The molecule has 8 aliphatic heterocycles. The van der Waals surface area contributed by atoms with Crippen LogP contribution in [-0.4, -0.2) is 4.57 Å². The van der Waals surface area contributed by atoms with Gasteiger partial charge in [-0.05, 0) is 256 Å². The van der Waals surface area contributed by atoms with Crippen LogP contribution >= 0.6 is 0 Å². The Bertz CT molecular complexity index is 6860. The molecular weight excluding hydrogens is 1420 g/mol. The van der Waals surface area contributed by atoms with Crippen LogP contribution in [0, 0.1) is 0 Å². The lowest BCUT2D eigenvalue weighted by Crippen LogP contribution is -2.20. The quantitative estimate of drug-likeness (QED) is 0.159. The molecule has 0 N–H and O–H groups in total. The number of aromatic nitrogens is 1. The second-order valence-electron chi connectivity index (χ2n) is 29.5. The molecule has 1 aromatic heterocycles. The highest BCUT2D eigenvalue weighted by molar-refractivity contribution is 6.12. The van der Waals surface area contributed by atoms with Crippen LogP contribution in [0.25, 0.3) is 83.1 Å². The third kappa shape index (κ3) is 9.68. The lowest BCUT2D eigenvalue weighted by molar-refractivity contribution is 0.445. The van der Waals surface area contributed by atoms with E-state index in [9.17, 15) is 0 Å². The molecule has 0 atom stereocenters. The smallest absolute Gasteiger partial charge is 0.155 e. The first-order valence-electron chi connectivity index (χ1n) is 38.4. The van der Waals surface area contributed by atoms with Gasteiger partial charge in [0.25, 0.3) is 0 Å². The SMILES string of the molecule is c1ccc(-c2cc(-c3ccc4c(c3)Oc3cccc5c3N4c3ccccc3O5)cc(-c3ccc4c(c3)Oc3cccc5c3N4c3ccccc3O5)c2)cc1.c1ccc(-n2c3ccc(-c4ccc5c(c4)Oc4cccc6c4N5c4ccccc4O6)cc3c3cc(-c4ccc5c(c4)Oc4cccc6c4N5c4ccccc4O6)ccc32)cc1. The maximum atomic E-state index is 6.64. The molecule has 17 aromatic carbocycles. The van der Waals surface area contributed by atoms with E-state index in [1.165, 1.54) is 0 Å². The Morgan fingerprint density at radius 2 is 0.383 bits per heavy atom. The summed E-state index contributed by atoms with van der Waals surface area (Å²) in [6, 6.07) is 124. The molecule has 540 valence electrons. The summed E-state index contributed by atoms with van der Waals surface area (Å²) in [7, 11) is 0. The largest absolute Gasteiger partial charge is 0.453 e. The van der Waals surface area contributed by atoms with Gasteiger partial charge in [-0.15, -0.1) is 0 Å². The summed E-state index contributed by atoms with van der Waals surface area (Å²) < 4.78 is 54.1. The van der Waals surface area contributed by atoms with Crippen LogP contribution in [0.4, 0.5) is 68.2 Å². The molecule has 18 aromatic rings. The van der Waals surface area contributed by atoms with Crippen molar-refractivity contribution in [2.24, 2.45) is 0 Å². The average Bonchev–Trinajstić information content (AvgIpc) is 0.939. The van der Waals surface area contributed by atoms with Gasteiger partial charge >= 0.3 is 0 Å². The Morgan fingerprint density at radius 3 is 0.704 bits per heavy atom. The molecule has 13 nitrogen and oxygen atoms in total. The van der Waals surface area contributed by atoms with Crippen molar-refractivity contribution >= 4 is 90.1 Å². The highest BCUT2D eigenvalue weighted by Gasteiger charge is 2.40. The van der Waals surface area contributed by atoms with Gasteiger partial charge in [0.15, 0.2) is 92.0 Å². The number of hydrogen-bond donors (Lipinski definition) is 0. The minimum Gasteiger partial charge on any atom is -0.453 e. The van der Waals surface area contributed by atoms with E-state index in [1.807, 2.05) is 146 Å². The van der Waals surface area contributed by atoms with E-state index >= 15 is 0 Å². The number of rotatable bonds is 6. The molecule has 13 heteroatoms. The van der Waals surface area contributed by atoms with Crippen LogP contribution in [0.2, 0.25) is 0 Å². The molecule has 0 unspecified atom stereocenters. The normalized spacial score (nSPS) is 13.4. The standard InChI is InChI=1S/C54H31N3O4.C48H28N2O4/c1-2-10-36(11-3-1)55-39-24-20-32(34-22-26-43-51(30-34)60-49-18-8-16-47-53(49)56(43)41-12-4-6-14-45(41)58-47)28-37(39)38-29-33(21-25-40(38)55)35-23-27-44-52(31-35)61-50-19-9-17-48-54(50)57(44)42-13-5-7-15-46(42)59-48;1-2-10-29(11-3-1)32-24-33(30-20-22-37-45(27-30)53-43-18-8-16-41-47(43)49(37)35-12-4-6-14-39(35)51-41)26-34(25-32)31-21-23-38-46(28-31)54-44-19-9-17-42-48(44)50(38)36-13-5-7-15-40(36)52-42/h1-31H;1-28H. The topological polar surface area (TPSA) is 91.7 Å². The molecule has 9 heterocycles. The van der Waals surface area contributed by atoms with E-state index < -0.39 is 0 Å².